The number of amides is 2. The summed E-state index contributed by atoms with van der Waals surface area (Å²) in [6.45, 7) is 0.892. The van der Waals surface area contributed by atoms with Gasteiger partial charge < -0.3 is 14.9 Å². The summed E-state index contributed by atoms with van der Waals surface area (Å²) in [4.78, 5) is 38.7. The van der Waals surface area contributed by atoms with E-state index in [1.807, 2.05) is 6.07 Å². The Morgan fingerprint density at radius 1 is 1.13 bits per heavy atom. The highest BCUT2D eigenvalue weighted by Gasteiger charge is 2.43. The molecule has 0 aromatic heterocycles. The Labute approximate surface area is 134 Å². The van der Waals surface area contributed by atoms with Crippen molar-refractivity contribution < 1.29 is 19.5 Å². The number of anilines is 1. The highest BCUT2D eigenvalue weighted by atomic mass is 16.4. The first-order valence-corrected chi connectivity index (χ1v) is 7.86. The largest absolute Gasteiger partial charge is 0.481 e. The molecule has 1 aliphatic heterocycles. The Morgan fingerprint density at radius 2 is 1.83 bits per heavy atom. The molecule has 1 aliphatic carbocycles. The molecule has 2 fully saturated rings. The van der Waals surface area contributed by atoms with Crippen LogP contribution in [0, 0.1) is 0 Å². The molecule has 2 aliphatic rings. The molecule has 23 heavy (non-hydrogen) atoms. The fraction of sp³-hybridized carbons (Fsp3) is 0.471. The van der Waals surface area contributed by atoms with Crippen LogP contribution in [-0.2, 0) is 19.8 Å². The summed E-state index contributed by atoms with van der Waals surface area (Å²) in [7, 11) is 1.60. The molecule has 0 atom stereocenters. The van der Waals surface area contributed by atoms with Crippen molar-refractivity contribution >= 4 is 23.5 Å². The third-order valence-electron chi connectivity index (χ3n) is 5.01. The molecular weight excluding hydrogens is 296 g/mol. The first-order valence-electron chi connectivity index (χ1n) is 7.86. The summed E-state index contributed by atoms with van der Waals surface area (Å²) in [6, 6.07) is 7.09. The van der Waals surface area contributed by atoms with Crippen LogP contribution in [0.25, 0.3) is 0 Å². The number of hydrogen-bond acceptors (Lipinski definition) is 3. The third-order valence-corrected chi connectivity index (χ3v) is 5.01. The lowest BCUT2D eigenvalue weighted by Gasteiger charge is -2.32. The zero-order valence-corrected chi connectivity index (χ0v) is 13.1. The van der Waals surface area contributed by atoms with Gasteiger partial charge in [-0.1, -0.05) is 25.0 Å². The SMILES string of the molecule is CN1CCN(c2cccc(C3(C(=O)O)CCCC3)c2)C(=O)C1=O. The minimum atomic E-state index is -0.865. The van der Waals surface area contributed by atoms with Gasteiger partial charge in [0, 0.05) is 25.8 Å². The highest BCUT2D eigenvalue weighted by molar-refractivity contribution is 6.40. The van der Waals surface area contributed by atoms with Crippen LogP contribution < -0.4 is 4.90 Å². The summed E-state index contributed by atoms with van der Waals surface area (Å²) in [6.07, 6.45) is 3.01. The summed E-state index contributed by atoms with van der Waals surface area (Å²) < 4.78 is 0. The Balaban J connectivity index is 1.96. The Hall–Kier alpha value is -2.37. The van der Waals surface area contributed by atoms with E-state index in [9.17, 15) is 19.5 Å². The van der Waals surface area contributed by atoms with Crippen molar-refractivity contribution in [1.82, 2.24) is 4.90 Å². The summed E-state index contributed by atoms with van der Waals surface area (Å²) in [5.74, 6) is -1.91. The van der Waals surface area contributed by atoms with Crippen LogP contribution in [0.1, 0.15) is 31.2 Å². The first kappa shape index (κ1) is 15.5. The maximum absolute atomic E-state index is 12.2. The number of piperazine rings is 1. The number of benzene rings is 1. The molecule has 0 unspecified atom stereocenters. The van der Waals surface area contributed by atoms with E-state index in [2.05, 4.69) is 0 Å². The highest BCUT2D eigenvalue weighted by Crippen LogP contribution is 2.42. The van der Waals surface area contributed by atoms with Crippen LogP contribution in [0.3, 0.4) is 0 Å². The van der Waals surface area contributed by atoms with E-state index in [1.165, 1.54) is 9.80 Å². The molecule has 1 saturated heterocycles. The topological polar surface area (TPSA) is 77.9 Å². The second kappa shape index (κ2) is 5.68. The van der Waals surface area contributed by atoms with E-state index < -0.39 is 23.2 Å². The van der Waals surface area contributed by atoms with Gasteiger partial charge in [0.25, 0.3) is 0 Å². The lowest BCUT2D eigenvalue weighted by Crippen LogP contribution is -2.53. The number of carboxylic acids is 1. The second-order valence-corrected chi connectivity index (χ2v) is 6.33. The predicted molar refractivity (Wildman–Crippen MR) is 84.2 cm³/mol. The fourth-order valence-corrected chi connectivity index (χ4v) is 3.55. The molecule has 2 amide bonds. The predicted octanol–water partition coefficient (Wildman–Crippen LogP) is 1.39. The van der Waals surface area contributed by atoms with Crippen LogP contribution in [0.4, 0.5) is 5.69 Å². The van der Waals surface area contributed by atoms with Gasteiger partial charge in [0.1, 0.15) is 0 Å². The van der Waals surface area contributed by atoms with Gasteiger partial charge in [-0.2, -0.15) is 0 Å². The van der Waals surface area contributed by atoms with Gasteiger partial charge in [-0.25, -0.2) is 0 Å². The maximum atomic E-state index is 12.2. The Kier molecular flexibility index (Phi) is 3.83. The number of carbonyl (C=O) groups is 3. The number of carboxylic acid groups (broad SMARTS) is 1. The van der Waals surface area contributed by atoms with E-state index >= 15 is 0 Å². The summed E-state index contributed by atoms with van der Waals surface area (Å²) >= 11 is 0. The lowest BCUT2D eigenvalue weighted by molar-refractivity contribution is -0.145. The van der Waals surface area contributed by atoms with E-state index in [0.717, 1.165) is 18.4 Å². The molecule has 1 heterocycles. The van der Waals surface area contributed by atoms with Gasteiger partial charge in [0.15, 0.2) is 0 Å². The molecule has 6 nitrogen and oxygen atoms in total. The average molecular weight is 316 g/mol. The lowest BCUT2D eigenvalue weighted by atomic mass is 9.79. The molecule has 6 heteroatoms. The van der Waals surface area contributed by atoms with Crippen LogP contribution in [0.5, 0.6) is 0 Å². The van der Waals surface area contributed by atoms with Gasteiger partial charge in [-0.3, -0.25) is 14.4 Å². The van der Waals surface area contributed by atoms with E-state index in [4.69, 9.17) is 0 Å². The normalized spacial score (nSPS) is 20.9. The third kappa shape index (κ3) is 2.48. The number of carbonyl (C=O) groups excluding carboxylic acids is 2. The average Bonchev–Trinajstić information content (AvgIpc) is 3.04. The standard InChI is InChI=1S/C17H20N2O4/c1-18-9-10-19(15(21)14(18)20)13-6-4-5-12(11-13)17(16(22)23)7-2-3-8-17/h4-6,11H,2-3,7-10H2,1H3,(H,22,23). The minimum absolute atomic E-state index is 0.421. The molecule has 1 aromatic carbocycles. The molecule has 0 spiro atoms. The smallest absolute Gasteiger partial charge is 0.316 e. The van der Waals surface area contributed by atoms with Gasteiger partial charge >= 0.3 is 17.8 Å². The summed E-state index contributed by atoms with van der Waals surface area (Å²) in [5.41, 5.74) is 0.455. The van der Waals surface area contributed by atoms with E-state index in [0.29, 0.717) is 31.6 Å². The monoisotopic (exact) mass is 316 g/mol. The number of aliphatic carboxylic acids is 1. The molecule has 1 N–H and O–H groups in total. The Bertz CT molecular complexity index is 664. The molecule has 0 bridgehead atoms. The van der Waals surface area contributed by atoms with E-state index in [1.54, 1.807) is 25.2 Å². The molecule has 0 radical (unpaired) electrons. The maximum Gasteiger partial charge on any atom is 0.316 e. The minimum Gasteiger partial charge on any atom is -0.481 e. The molecule has 1 saturated carbocycles. The quantitative estimate of drug-likeness (QED) is 0.855. The zero-order valence-electron chi connectivity index (χ0n) is 13.1. The number of nitrogens with zero attached hydrogens (tertiary/aromatic N) is 2. The second-order valence-electron chi connectivity index (χ2n) is 6.33. The van der Waals surface area contributed by atoms with Gasteiger partial charge in [-0.05, 0) is 30.5 Å². The fourth-order valence-electron chi connectivity index (χ4n) is 3.55. The van der Waals surface area contributed by atoms with Crippen molar-refractivity contribution in [3.63, 3.8) is 0 Å². The van der Waals surface area contributed by atoms with Crippen molar-refractivity contribution in [3.05, 3.63) is 29.8 Å². The van der Waals surface area contributed by atoms with Crippen molar-refractivity contribution in [3.8, 4) is 0 Å². The van der Waals surface area contributed by atoms with Crippen LogP contribution >= 0.6 is 0 Å². The number of likely N-dealkylation sites (N-methyl/N-ethyl adjacent to an activating group) is 1. The molecule has 122 valence electrons. The van der Waals surface area contributed by atoms with Crippen molar-refractivity contribution in [2.75, 3.05) is 25.0 Å². The molecule has 1 aromatic rings. The van der Waals surface area contributed by atoms with E-state index in [-0.39, 0.29) is 0 Å². The van der Waals surface area contributed by atoms with Crippen LogP contribution in [0.15, 0.2) is 24.3 Å². The molecular formula is C17H20N2O4. The summed E-state index contributed by atoms with van der Waals surface area (Å²) in [5, 5.41) is 9.71. The number of rotatable bonds is 3. The first-order chi connectivity index (χ1) is 11.0. The van der Waals surface area contributed by atoms with Crippen molar-refractivity contribution in [2.45, 2.75) is 31.1 Å². The van der Waals surface area contributed by atoms with Crippen molar-refractivity contribution in [2.24, 2.45) is 0 Å². The van der Waals surface area contributed by atoms with Gasteiger partial charge in [-0.15, -0.1) is 0 Å². The van der Waals surface area contributed by atoms with Crippen LogP contribution in [0.2, 0.25) is 0 Å². The van der Waals surface area contributed by atoms with Crippen molar-refractivity contribution in [1.29, 1.82) is 0 Å². The zero-order chi connectivity index (χ0) is 16.6. The van der Waals surface area contributed by atoms with Gasteiger partial charge in [0.05, 0.1) is 5.41 Å². The Morgan fingerprint density at radius 3 is 2.48 bits per heavy atom. The number of hydrogen-bond donors (Lipinski definition) is 1. The van der Waals surface area contributed by atoms with Crippen LogP contribution in [-0.4, -0.2) is 47.9 Å². The molecule has 3 rings (SSSR count). The van der Waals surface area contributed by atoms with Gasteiger partial charge in [0.2, 0.25) is 0 Å².